The Morgan fingerprint density at radius 1 is 1.62 bits per heavy atom. The molecule has 13 heavy (non-hydrogen) atoms. The first kappa shape index (κ1) is 10.0. The second kappa shape index (κ2) is 4.86. The van der Waals surface area contributed by atoms with E-state index in [0.717, 1.165) is 0 Å². The van der Waals surface area contributed by atoms with Gasteiger partial charge in [0.05, 0.1) is 6.07 Å². The molecule has 0 saturated heterocycles. The molecular formula is C10H16N2O. The van der Waals surface area contributed by atoms with E-state index in [1.165, 1.54) is 25.7 Å². The van der Waals surface area contributed by atoms with Crippen LogP contribution < -0.4 is 5.32 Å². The Morgan fingerprint density at radius 3 is 2.77 bits per heavy atom. The van der Waals surface area contributed by atoms with Gasteiger partial charge in [0.1, 0.15) is 6.04 Å². The third-order valence-corrected chi connectivity index (χ3v) is 2.52. The Hall–Kier alpha value is -1.04. The summed E-state index contributed by atoms with van der Waals surface area (Å²) in [6, 6.07) is 1.64. The molecule has 1 N–H and O–H groups in total. The lowest BCUT2D eigenvalue weighted by atomic mass is 10.0. The predicted octanol–water partition coefficient (Wildman–Crippen LogP) is 1.59. The van der Waals surface area contributed by atoms with Crippen LogP contribution in [0.15, 0.2) is 0 Å². The third-order valence-electron chi connectivity index (χ3n) is 2.52. The summed E-state index contributed by atoms with van der Waals surface area (Å²) in [6.45, 7) is 1.70. The molecule has 3 nitrogen and oxygen atoms in total. The van der Waals surface area contributed by atoms with Gasteiger partial charge in [0.25, 0.3) is 0 Å². The average Bonchev–Trinajstić information content (AvgIpc) is 2.56. The standard InChI is InChI=1S/C10H16N2O/c1-8(7-11)12-10(13)6-9-4-2-3-5-9/h8-9H,2-6H2,1H3,(H,12,13). The molecular weight excluding hydrogens is 164 g/mol. The molecule has 0 aromatic heterocycles. The van der Waals surface area contributed by atoms with Crippen LogP contribution >= 0.6 is 0 Å². The molecule has 0 radical (unpaired) electrons. The van der Waals surface area contributed by atoms with Crippen LogP contribution in [0.3, 0.4) is 0 Å². The lowest BCUT2D eigenvalue weighted by Gasteiger charge is -2.10. The number of nitriles is 1. The van der Waals surface area contributed by atoms with E-state index in [1.807, 2.05) is 6.07 Å². The van der Waals surface area contributed by atoms with Crippen molar-refractivity contribution in [1.82, 2.24) is 5.32 Å². The zero-order valence-electron chi connectivity index (χ0n) is 8.05. The number of carbonyl (C=O) groups excluding carboxylic acids is 1. The Labute approximate surface area is 79.1 Å². The van der Waals surface area contributed by atoms with Gasteiger partial charge in [-0.05, 0) is 25.7 Å². The SMILES string of the molecule is CC(C#N)NC(=O)CC1CCCC1. The minimum absolute atomic E-state index is 0.0287. The topological polar surface area (TPSA) is 52.9 Å². The highest BCUT2D eigenvalue weighted by Gasteiger charge is 2.18. The molecule has 1 atom stereocenters. The molecule has 0 heterocycles. The summed E-state index contributed by atoms with van der Waals surface area (Å²) in [6.07, 6.45) is 5.46. The smallest absolute Gasteiger partial charge is 0.221 e. The number of rotatable bonds is 3. The number of carbonyl (C=O) groups is 1. The fourth-order valence-electron chi connectivity index (χ4n) is 1.81. The average molecular weight is 180 g/mol. The van der Waals surface area contributed by atoms with Crippen molar-refractivity contribution >= 4 is 5.91 Å². The fraction of sp³-hybridized carbons (Fsp3) is 0.800. The molecule has 1 aliphatic rings. The zero-order chi connectivity index (χ0) is 9.68. The monoisotopic (exact) mass is 180 g/mol. The van der Waals surface area contributed by atoms with Gasteiger partial charge in [0.2, 0.25) is 5.91 Å². The minimum Gasteiger partial charge on any atom is -0.341 e. The molecule has 72 valence electrons. The van der Waals surface area contributed by atoms with Crippen molar-refractivity contribution < 1.29 is 4.79 Å². The minimum atomic E-state index is -0.353. The molecule has 1 amide bonds. The summed E-state index contributed by atoms with van der Waals surface area (Å²) < 4.78 is 0. The van der Waals surface area contributed by atoms with Gasteiger partial charge in [-0.25, -0.2) is 0 Å². The van der Waals surface area contributed by atoms with Crippen LogP contribution in [-0.2, 0) is 4.79 Å². The van der Waals surface area contributed by atoms with Gasteiger partial charge in [-0.15, -0.1) is 0 Å². The van der Waals surface area contributed by atoms with Crippen molar-refractivity contribution in [2.75, 3.05) is 0 Å². The first-order valence-electron chi connectivity index (χ1n) is 4.91. The predicted molar refractivity (Wildman–Crippen MR) is 49.8 cm³/mol. The Balaban J connectivity index is 2.21. The van der Waals surface area contributed by atoms with Crippen LogP contribution in [0.5, 0.6) is 0 Å². The molecule has 0 aliphatic heterocycles. The van der Waals surface area contributed by atoms with E-state index in [9.17, 15) is 4.79 Å². The van der Waals surface area contributed by atoms with E-state index in [1.54, 1.807) is 6.92 Å². The van der Waals surface area contributed by atoms with Gasteiger partial charge >= 0.3 is 0 Å². The molecule has 1 aliphatic carbocycles. The summed E-state index contributed by atoms with van der Waals surface area (Å²) in [5.41, 5.74) is 0. The van der Waals surface area contributed by atoms with Crippen molar-refractivity contribution in [2.24, 2.45) is 5.92 Å². The van der Waals surface area contributed by atoms with Crippen LogP contribution in [-0.4, -0.2) is 11.9 Å². The maximum absolute atomic E-state index is 11.3. The molecule has 1 saturated carbocycles. The third kappa shape index (κ3) is 3.45. The molecule has 3 heteroatoms. The van der Waals surface area contributed by atoms with Crippen molar-refractivity contribution in [2.45, 2.75) is 45.1 Å². The molecule has 1 fully saturated rings. The van der Waals surface area contributed by atoms with E-state index in [4.69, 9.17) is 5.26 Å². The van der Waals surface area contributed by atoms with Crippen molar-refractivity contribution in [1.29, 1.82) is 5.26 Å². The zero-order valence-corrected chi connectivity index (χ0v) is 8.05. The van der Waals surface area contributed by atoms with Gasteiger partial charge in [-0.3, -0.25) is 4.79 Å². The van der Waals surface area contributed by atoms with E-state index in [-0.39, 0.29) is 11.9 Å². The maximum Gasteiger partial charge on any atom is 0.221 e. The van der Waals surface area contributed by atoms with Crippen molar-refractivity contribution in [3.8, 4) is 6.07 Å². The largest absolute Gasteiger partial charge is 0.341 e. The van der Waals surface area contributed by atoms with Crippen molar-refractivity contribution in [3.63, 3.8) is 0 Å². The van der Waals surface area contributed by atoms with Gasteiger partial charge < -0.3 is 5.32 Å². The van der Waals surface area contributed by atoms with E-state index < -0.39 is 0 Å². The lowest BCUT2D eigenvalue weighted by Crippen LogP contribution is -2.32. The molecule has 0 bridgehead atoms. The molecule has 0 aromatic carbocycles. The fourth-order valence-corrected chi connectivity index (χ4v) is 1.81. The summed E-state index contributed by atoms with van der Waals surface area (Å²) in [4.78, 5) is 11.3. The first-order valence-corrected chi connectivity index (χ1v) is 4.91. The van der Waals surface area contributed by atoms with Gasteiger partial charge in [0, 0.05) is 6.42 Å². The Kier molecular flexibility index (Phi) is 3.75. The van der Waals surface area contributed by atoms with Crippen molar-refractivity contribution in [3.05, 3.63) is 0 Å². The van der Waals surface area contributed by atoms with Gasteiger partial charge in [-0.1, -0.05) is 12.8 Å². The molecule has 0 aromatic rings. The van der Waals surface area contributed by atoms with E-state index >= 15 is 0 Å². The maximum atomic E-state index is 11.3. The summed E-state index contributed by atoms with van der Waals surface area (Å²) >= 11 is 0. The normalized spacial score (nSPS) is 19.4. The molecule has 0 spiro atoms. The highest BCUT2D eigenvalue weighted by Crippen LogP contribution is 2.27. The van der Waals surface area contributed by atoms with Crippen LogP contribution in [0.25, 0.3) is 0 Å². The molecule has 1 rings (SSSR count). The number of nitrogens with zero attached hydrogens (tertiary/aromatic N) is 1. The summed E-state index contributed by atoms with van der Waals surface area (Å²) in [7, 11) is 0. The van der Waals surface area contributed by atoms with Gasteiger partial charge in [0.15, 0.2) is 0 Å². The quantitative estimate of drug-likeness (QED) is 0.717. The lowest BCUT2D eigenvalue weighted by molar-refractivity contribution is -0.122. The Morgan fingerprint density at radius 2 is 2.23 bits per heavy atom. The van der Waals surface area contributed by atoms with Crippen LogP contribution in [0.1, 0.15) is 39.0 Å². The highest BCUT2D eigenvalue weighted by molar-refractivity contribution is 5.76. The van der Waals surface area contributed by atoms with Gasteiger partial charge in [-0.2, -0.15) is 5.26 Å². The number of hydrogen-bond donors (Lipinski definition) is 1. The second-order valence-electron chi connectivity index (χ2n) is 3.77. The summed E-state index contributed by atoms with van der Waals surface area (Å²) in [5.74, 6) is 0.590. The highest BCUT2D eigenvalue weighted by atomic mass is 16.1. The first-order chi connectivity index (χ1) is 6.22. The number of amides is 1. The van der Waals surface area contributed by atoms with Crippen LogP contribution in [0, 0.1) is 17.2 Å². The summed E-state index contributed by atoms with van der Waals surface area (Å²) in [5, 5.41) is 11.1. The second-order valence-corrected chi connectivity index (χ2v) is 3.77. The number of nitrogens with one attached hydrogen (secondary N) is 1. The Bertz CT molecular complexity index is 213. The van der Waals surface area contributed by atoms with E-state index in [0.29, 0.717) is 12.3 Å². The van der Waals surface area contributed by atoms with E-state index in [2.05, 4.69) is 5.32 Å². The van der Waals surface area contributed by atoms with Crippen LogP contribution in [0.4, 0.5) is 0 Å². The molecule has 1 unspecified atom stereocenters. The number of hydrogen-bond acceptors (Lipinski definition) is 2. The van der Waals surface area contributed by atoms with Crippen LogP contribution in [0.2, 0.25) is 0 Å².